The lowest BCUT2D eigenvalue weighted by Crippen LogP contribution is -2.42. The van der Waals surface area contributed by atoms with Crippen LogP contribution in [0.5, 0.6) is 0 Å². The maximum atomic E-state index is 5.81. The molecule has 0 aromatic carbocycles. The van der Waals surface area contributed by atoms with Crippen LogP contribution in [0.15, 0.2) is 0 Å². The van der Waals surface area contributed by atoms with Gasteiger partial charge in [0.2, 0.25) is 0 Å². The maximum Gasteiger partial charge on any atom is 0.305 e. The van der Waals surface area contributed by atoms with Crippen molar-refractivity contribution in [2.45, 2.75) is 30.5 Å². The smallest absolute Gasteiger partial charge is 0.305 e. The van der Waals surface area contributed by atoms with Gasteiger partial charge in [0.15, 0.2) is 19.5 Å². The molecule has 0 fully saturated rings. The lowest BCUT2D eigenvalue weighted by molar-refractivity contribution is -0.361. The zero-order valence-corrected chi connectivity index (χ0v) is 18.2. The molecule has 0 saturated heterocycles. The molecular weight excluding hydrogens is 340 g/mol. The first-order valence-electron chi connectivity index (χ1n) is 7.47. The molecule has 0 amide bonds. The van der Waals surface area contributed by atoms with Crippen LogP contribution in [0.4, 0.5) is 0 Å². The first kappa shape index (κ1) is 23.1. The van der Waals surface area contributed by atoms with E-state index in [-0.39, 0.29) is 13.2 Å². The van der Waals surface area contributed by atoms with Gasteiger partial charge in [0.05, 0.1) is 0 Å². The van der Waals surface area contributed by atoms with Gasteiger partial charge in [-0.1, -0.05) is 13.3 Å². The van der Waals surface area contributed by atoms with Crippen LogP contribution in [0.25, 0.3) is 0 Å². The van der Waals surface area contributed by atoms with Gasteiger partial charge < -0.3 is 37.3 Å². The summed E-state index contributed by atoms with van der Waals surface area (Å²) in [5.41, 5.74) is 0. The van der Waals surface area contributed by atoms with Crippen molar-refractivity contribution >= 4 is 19.5 Å². The quantitative estimate of drug-likeness (QED) is 0.282. The Morgan fingerprint density at radius 1 is 0.652 bits per heavy atom. The van der Waals surface area contributed by atoms with Crippen LogP contribution in [0.2, 0.25) is 5.16 Å². The summed E-state index contributed by atoms with van der Waals surface area (Å²) in [4.78, 5) is 0. The monoisotopic (exact) mass is 372 g/mol. The molecule has 10 heteroatoms. The number of rotatable bonds is 15. The molecule has 0 unspecified atom stereocenters. The summed E-state index contributed by atoms with van der Waals surface area (Å²) < 4.78 is 42.8. The topological polar surface area (TPSA) is 73.8 Å². The van der Waals surface area contributed by atoms with Gasteiger partial charge in [-0.15, -0.1) is 0 Å². The Morgan fingerprint density at radius 3 is 1.17 bits per heavy atom. The summed E-state index contributed by atoms with van der Waals surface area (Å²) in [6, 6.07) is 0. The fraction of sp³-hybridized carbons (Fsp3) is 1.00. The Bertz CT molecular complexity index is 245. The Kier molecular flexibility index (Phi) is 12.5. The van der Waals surface area contributed by atoms with Gasteiger partial charge in [0, 0.05) is 42.7 Å². The molecule has 0 aliphatic rings. The Hall–Kier alpha value is 0.114. The van der Waals surface area contributed by atoms with Crippen molar-refractivity contribution in [1.82, 2.24) is 0 Å². The fourth-order valence-corrected chi connectivity index (χ4v) is 5.10. The van der Waals surface area contributed by atoms with E-state index in [1.807, 2.05) is 0 Å². The van der Waals surface area contributed by atoms with Gasteiger partial charge in [-0.05, 0) is 5.16 Å². The van der Waals surface area contributed by atoms with Crippen molar-refractivity contribution in [3.05, 3.63) is 0 Å². The third kappa shape index (κ3) is 7.69. The van der Waals surface area contributed by atoms with E-state index in [9.17, 15) is 0 Å². The Morgan fingerprint density at radius 2 is 0.957 bits per heavy atom. The molecule has 0 radical (unpaired) electrons. The summed E-state index contributed by atoms with van der Waals surface area (Å²) in [5.74, 6) is -2.27. The van der Waals surface area contributed by atoms with Crippen molar-refractivity contribution in [2.24, 2.45) is 0 Å². The van der Waals surface area contributed by atoms with Crippen LogP contribution in [-0.2, 0) is 37.3 Å². The van der Waals surface area contributed by atoms with E-state index in [0.29, 0.717) is 5.16 Å². The molecule has 0 bridgehead atoms. The molecule has 0 aliphatic carbocycles. The van der Waals surface area contributed by atoms with Crippen LogP contribution in [-0.4, -0.2) is 87.3 Å². The van der Waals surface area contributed by atoms with Gasteiger partial charge in [0.1, 0.15) is 13.2 Å². The second-order valence-corrected chi connectivity index (χ2v) is 9.84. The molecule has 0 N–H and O–H groups in total. The highest BCUT2D eigenvalue weighted by Crippen LogP contribution is 2.16. The standard InChI is InChI=1S/C13H32O8Si2/c1-8-11(22-20-9-12(14-2,15-3)16-4)23-21-10-13(17-5,18-6)19-7/h11H,8-10,22-23H2,1-7H3. The predicted octanol–water partition coefficient (Wildman–Crippen LogP) is -0.471. The van der Waals surface area contributed by atoms with Crippen LogP contribution in [0.1, 0.15) is 13.3 Å². The molecule has 8 nitrogen and oxygen atoms in total. The van der Waals surface area contributed by atoms with Crippen LogP contribution in [0.3, 0.4) is 0 Å². The van der Waals surface area contributed by atoms with Gasteiger partial charge >= 0.3 is 11.9 Å². The van der Waals surface area contributed by atoms with E-state index in [1.165, 1.54) is 42.7 Å². The Labute approximate surface area is 143 Å². The van der Waals surface area contributed by atoms with Crippen LogP contribution in [0, 0.1) is 0 Å². The summed E-state index contributed by atoms with van der Waals surface area (Å²) >= 11 is 0. The molecule has 0 aromatic rings. The summed E-state index contributed by atoms with van der Waals surface area (Å²) in [6.45, 7) is 2.61. The number of ether oxygens (including phenoxy) is 6. The van der Waals surface area contributed by atoms with Crippen molar-refractivity contribution in [1.29, 1.82) is 0 Å². The first-order chi connectivity index (χ1) is 11.0. The van der Waals surface area contributed by atoms with Crippen molar-refractivity contribution in [3.8, 4) is 0 Å². The summed E-state index contributed by atoms with van der Waals surface area (Å²) in [6.07, 6.45) is 1.01. The Balaban J connectivity index is 4.22. The minimum atomic E-state index is -1.13. The third-order valence-electron chi connectivity index (χ3n) is 3.71. The molecule has 0 saturated carbocycles. The van der Waals surface area contributed by atoms with Gasteiger partial charge in [-0.25, -0.2) is 0 Å². The van der Waals surface area contributed by atoms with E-state index in [1.54, 1.807) is 0 Å². The molecule has 0 aliphatic heterocycles. The van der Waals surface area contributed by atoms with Crippen molar-refractivity contribution < 1.29 is 37.3 Å². The van der Waals surface area contributed by atoms with Crippen LogP contribution < -0.4 is 0 Å². The highest BCUT2D eigenvalue weighted by molar-refractivity contribution is 6.51. The van der Waals surface area contributed by atoms with E-state index in [2.05, 4.69) is 6.92 Å². The van der Waals surface area contributed by atoms with E-state index in [4.69, 9.17) is 37.3 Å². The van der Waals surface area contributed by atoms with E-state index >= 15 is 0 Å². The van der Waals surface area contributed by atoms with Crippen molar-refractivity contribution in [2.75, 3.05) is 55.9 Å². The normalized spacial score (nSPS) is 15.3. The largest absolute Gasteiger partial charge is 0.416 e. The second-order valence-electron chi connectivity index (χ2n) is 4.90. The fourth-order valence-electron chi connectivity index (χ4n) is 1.84. The molecule has 0 rings (SSSR count). The van der Waals surface area contributed by atoms with Crippen LogP contribution >= 0.6 is 0 Å². The van der Waals surface area contributed by atoms with Gasteiger partial charge in [-0.3, -0.25) is 0 Å². The highest BCUT2D eigenvalue weighted by Gasteiger charge is 2.31. The average molecular weight is 373 g/mol. The molecule has 0 aromatic heterocycles. The maximum absolute atomic E-state index is 5.81. The van der Waals surface area contributed by atoms with E-state index < -0.39 is 31.5 Å². The minimum Gasteiger partial charge on any atom is -0.416 e. The zero-order valence-electron chi connectivity index (χ0n) is 15.4. The number of methoxy groups -OCH3 is 6. The molecular formula is C13H32O8Si2. The molecule has 140 valence electrons. The molecule has 0 atom stereocenters. The number of hydrogen-bond acceptors (Lipinski definition) is 8. The highest BCUT2D eigenvalue weighted by atomic mass is 28.3. The molecule has 0 spiro atoms. The van der Waals surface area contributed by atoms with Gasteiger partial charge in [-0.2, -0.15) is 0 Å². The lowest BCUT2D eigenvalue weighted by atomic mass is 10.6. The SMILES string of the molecule is CCC([SiH2]OCC(OC)(OC)OC)[SiH2]OCC(OC)(OC)OC. The lowest BCUT2D eigenvalue weighted by Gasteiger charge is -2.30. The average Bonchev–Trinajstić information content (AvgIpc) is 2.61. The zero-order chi connectivity index (χ0) is 17.8. The second kappa shape index (κ2) is 12.5. The number of hydrogen-bond donors (Lipinski definition) is 0. The van der Waals surface area contributed by atoms with Gasteiger partial charge in [0.25, 0.3) is 0 Å². The minimum absolute atomic E-state index is 0.242. The summed E-state index contributed by atoms with van der Waals surface area (Å²) in [7, 11) is 7.54. The summed E-state index contributed by atoms with van der Waals surface area (Å²) in [5, 5.41) is 0.474. The molecule has 0 heterocycles. The van der Waals surface area contributed by atoms with E-state index in [0.717, 1.165) is 6.42 Å². The van der Waals surface area contributed by atoms with Crippen molar-refractivity contribution in [3.63, 3.8) is 0 Å². The third-order valence-corrected chi connectivity index (χ3v) is 8.10. The predicted molar refractivity (Wildman–Crippen MR) is 90.5 cm³/mol. The first-order valence-corrected chi connectivity index (χ1v) is 10.3. The molecule has 23 heavy (non-hydrogen) atoms.